The smallest absolute Gasteiger partial charge is 0.266 e. The number of anilines is 2. The summed E-state index contributed by atoms with van der Waals surface area (Å²) in [6, 6.07) is 10.8. The van der Waals surface area contributed by atoms with Crippen molar-refractivity contribution in [2.75, 3.05) is 10.6 Å². The molecule has 1 atom stereocenters. The van der Waals surface area contributed by atoms with Crippen LogP contribution in [0.15, 0.2) is 36.4 Å². The van der Waals surface area contributed by atoms with Gasteiger partial charge in [-0.25, -0.2) is 0 Å². The van der Waals surface area contributed by atoms with Crippen LogP contribution in [0.5, 0.6) is 5.75 Å². The summed E-state index contributed by atoms with van der Waals surface area (Å²) in [4.78, 5) is 24.4. The van der Waals surface area contributed by atoms with Crippen molar-refractivity contribution in [3.8, 4) is 5.75 Å². The second kappa shape index (κ2) is 6.53. The summed E-state index contributed by atoms with van der Waals surface area (Å²) in [5, 5.41) is 6.12. The molecule has 0 aliphatic carbocycles. The highest BCUT2D eigenvalue weighted by molar-refractivity contribution is 6.31. The van der Waals surface area contributed by atoms with E-state index in [2.05, 4.69) is 10.6 Å². The number of halogens is 1. The van der Waals surface area contributed by atoms with Gasteiger partial charge in [-0.2, -0.15) is 0 Å². The Hall–Kier alpha value is -2.53. The minimum atomic E-state index is -0.861. The minimum absolute atomic E-state index is 0.0783. The number of hydrogen-bond donors (Lipinski definition) is 2. The Morgan fingerprint density at radius 2 is 2.08 bits per heavy atom. The van der Waals surface area contributed by atoms with E-state index in [0.717, 1.165) is 11.1 Å². The molecular formula is C18H17ClN2O3. The molecule has 0 spiro atoms. The first-order valence-corrected chi connectivity index (χ1v) is 7.95. The van der Waals surface area contributed by atoms with Gasteiger partial charge < -0.3 is 15.4 Å². The fraction of sp³-hybridized carbons (Fsp3) is 0.222. The highest BCUT2D eigenvalue weighted by Crippen LogP contribution is 2.31. The standard InChI is InChI=1S/C18H17ClN2O3/c1-10-6-7-15-14(8-10)21-18(23)16(24-15)9-17(22)20-13-5-3-4-12(19)11(13)2/h3-8,16H,9H2,1-2H3,(H,20,22)(H,21,23)/t16-/m1/s1. The summed E-state index contributed by atoms with van der Waals surface area (Å²) in [5.41, 5.74) is 3.05. The van der Waals surface area contributed by atoms with Crippen LogP contribution in [0.1, 0.15) is 17.5 Å². The van der Waals surface area contributed by atoms with E-state index in [4.69, 9.17) is 16.3 Å². The summed E-state index contributed by atoms with van der Waals surface area (Å²) >= 11 is 6.04. The van der Waals surface area contributed by atoms with E-state index in [1.807, 2.05) is 26.0 Å². The molecule has 0 aromatic heterocycles. The summed E-state index contributed by atoms with van der Waals surface area (Å²) in [6.07, 6.45) is -0.940. The average molecular weight is 345 g/mol. The van der Waals surface area contributed by atoms with Crippen molar-refractivity contribution in [1.29, 1.82) is 0 Å². The lowest BCUT2D eigenvalue weighted by molar-refractivity contribution is -0.128. The highest BCUT2D eigenvalue weighted by atomic mass is 35.5. The summed E-state index contributed by atoms with van der Waals surface area (Å²) < 4.78 is 5.66. The Bertz CT molecular complexity index is 820. The first-order valence-electron chi connectivity index (χ1n) is 7.57. The molecule has 124 valence electrons. The lowest BCUT2D eigenvalue weighted by Gasteiger charge is -2.25. The van der Waals surface area contributed by atoms with Crippen molar-refractivity contribution in [1.82, 2.24) is 0 Å². The van der Waals surface area contributed by atoms with Gasteiger partial charge in [0.15, 0.2) is 6.10 Å². The molecular weight excluding hydrogens is 328 g/mol. The molecule has 24 heavy (non-hydrogen) atoms. The molecule has 0 saturated heterocycles. The van der Waals surface area contributed by atoms with Crippen LogP contribution >= 0.6 is 11.6 Å². The number of carbonyl (C=O) groups excluding carboxylic acids is 2. The van der Waals surface area contributed by atoms with Gasteiger partial charge in [0.25, 0.3) is 5.91 Å². The van der Waals surface area contributed by atoms with Gasteiger partial charge >= 0.3 is 0 Å². The second-order valence-corrected chi connectivity index (χ2v) is 6.17. The Balaban J connectivity index is 1.69. The van der Waals surface area contributed by atoms with E-state index < -0.39 is 6.10 Å². The van der Waals surface area contributed by atoms with Gasteiger partial charge in [0.05, 0.1) is 12.1 Å². The van der Waals surface area contributed by atoms with Crippen LogP contribution in [-0.4, -0.2) is 17.9 Å². The minimum Gasteiger partial charge on any atom is -0.478 e. The lowest BCUT2D eigenvalue weighted by Crippen LogP contribution is -2.39. The summed E-state index contributed by atoms with van der Waals surface area (Å²) in [6.45, 7) is 3.75. The van der Waals surface area contributed by atoms with Gasteiger partial charge in [0.1, 0.15) is 5.75 Å². The molecule has 0 saturated carbocycles. The van der Waals surface area contributed by atoms with Gasteiger partial charge in [-0.3, -0.25) is 9.59 Å². The molecule has 0 unspecified atom stereocenters. The van der Waals surface area contributed by atoms with Gasteiger partial charge in [0, 0.05) is 10.7 Å². The maximum atomic E-state index is 12.2. The molecule has 0 radical (unpaired) electrons. The number of hydrogen-bond acceptors (Lipinski definition) is 3. The van der Waals surface area contributed by atoms with Crippen LogP contribution in [-0.2, 0) is 9.59 Å². The van der Waals surface area contributed by atoms with Crippen LogP contribution in [0.25, 0.3) is 0 Å². The molecule has 5 nitrogen and oxygen atoms in total. The number of nitrogens with one attached hydrogen (secondary N) is 2. The van der Waals surface area contributed by atoms with Crippen molar-refractivity contribution in [3.05, 3.63) is 52.5 Å². The number of benzene rings is 2. The van der Waals surface area contributed by atoms with Crippen molar-refractivity contribution >= 4 is 34.8 Å². The first-order chi connectivity index (χ1) is 11.4. The van der Waals surface area contributed by atoms with Gasteiger partial charge in [-0.05, 0) is 49.2 Å². The third-order valence-electron chi connectivity index (χ3n) is 3.87. The predicted octanol–water partition coefficient (Wildman–Crippen LogP) is 3.69. The van der Waals surface area contributed by atoms with E-state index >= 15 is 0 Å². The van der Waals surface area contributed by atoms with Crippen molar-refractivity contribution in [2.24, 2.45) is 0 Å². The Labute approximate surface area is 145 Å². The lowest BCUT2D eigenvalue weighted by atomic mass is 10.1. The molecule has 1 aliphatic heterocycles. The second-order valence-electron chi connectivity index (χ2n) is 5.76. The molecule has 0 fully saturated rings. The monoisotopic (exact) mass is 344 g/mol. The van der Waals surface area contributed by atoms with E-state index in [1.54, 1.807) is 24.3 Å². The summed E-state index contributed by atoms with van der Waals surface area (Å²) in [5.74, 6) is -0.0703. The van der Waals surface area contributed by atoms with E-state index in [1.165, 1.54) is 0 Å². The predicted molar refractivity (Wildman–Crippen MR) is 93.7 cm³/mol. The maximum absolute atomic E-state index is 12.2. The molecule has 0 bridgehead atoms. The number of carbonyl (C=O) groups is 2. The Morgan fingerprint density at radius 1 is 1.29 bits per heavy atom. The number of aryl methyl sites for hydroxylation is 1. The fourth-order valence-electron chi connectivity index (χ4n) is 2.51. The van der Waals surface area contributed by atoms with E-state index in [0.29, 0.717) is 22.1 Å². The van der Waals surface area contributed by atoms with Gasteiger partial charge in [-0.1, -0.05) is 23.7 Å². The van der Waals surface area contributed by atoms with Crippen LogP contribution < -0.4 is 15.4 Å². The average Bonchev–Trinajstić information content (AvgIpc) is 2.53. The van der Waals surface area contributed by atoms with Crippen molar-refractivity contribution in [3.63, 3.8) is 0 Å². The zero-order chi connectivity index (χ0) is 17.3. The molecule has 1 heterocycles. The Kier molecular flexibility index (Phi) is 4.44. The quantitative estimate of drug-likeness (QED) is 0.892. The SMILES string of the molecule is Cc1ccc2c(c1)NC(=O)[C@@H](CC(=O)Nc1cccc(Cl)c1C)O2. The van der Waals surface area contributed by atoms with Crippen molar-refractivity contribution < 1.29 is 14.3 Å². The zero-order valence-electron chi connectivity index (χ0n) is 13.4. The van der Waals surface area contributed by atoms with Crippen LogP contribution in [0.4, 0.5) is 11.4 Å². The van der Waals surface area contributed by atoms with Crippen LogP contribution in [0, 0.1) is 13.8 Å². The fourth-order valence-corrected chi connectivity index (χ4v) is 2.69. The normalized spacial score (nSPS) is 16.0. The highest BCUT2D eigenvalue weighted by Gasteiger charge is 2.29. The third-order valence-corrected chi connectivity index (χ3v) is 4.28. The maximum Gasteiger partial charge on any atom is 0.266 e. The molecule has 3 rings (SSSR count). The Morgan fingerprint density at radius 3 is 2.88 bits per heavy atom. The van der Waals surface area contributed by atoms with E-state index in [-0.39, 0.29) is 18.2 Å². The molecule has 1 aliphatic rings. The molecule has 2 aromatic rings. The van der Waals surface area contributed by atoms with E-state index in [9.17, 15) is 9.59 Å². The molecule has 2 amide bonds. The zero-order valence-corrected chi connectivity index (χ0v) is 14.1. The summed E-state index contributed by atoms with van der Waals surface area (Å²) in [7, 11) is 0. The van der Waals surface area contributed by atoms with Crippen molar-refractivity contribution in [2.45, 2.75) is 26.4 Å². The number of ether oxygens (including phenoxy) is 1. The first kappa shape index (κ1) is 16.3. The number of fused-ring (bicyclic) bond motifs is 1. The van der Waals surface area contributed by atoms with Crippen LogP contribution in [0.3, 0.4) is 0 Å². The van der Waals surface area contributed by atoms with Crippen LogP contribution in [0.2, 0.25) is 5.02 Å². The van der Waals surface area contributed by atoms with Gasteiger partial charge in [0.2, 0.25) is 5.91 Å². The topological polar surface area (TPSA) is 67.4 Å². The number of rotatable bonds is 3. The van der Waals surface area contributed by atoms with Gasteiger partial charge in [-0.15, -0.1) is 0 Å². The molecule has 2 N–H and O–H groups in total. The number of amides is 2. The molecule has 2 aromatic carbocycles. The molecule has 6 heteroatoms. The third kappa shape index (κ3) is 3.36. The largest absolute Gasteiger partial charge is 0.478 e.